The third-order valence-corrected chi connectivity index (χ3v) is 5.73. The smallest absolute Gasteiger partial charge is 0.250 e. The Balaban J connectivity index is 1.61. The van der Waals surface area contributed by atoms with E-state index in [1.54, 1.807) is 32.4 Å². The van der Waals surface area contributed by atoms with Gasteiger partial charge in [-0.25, -0.2) is 4.98 Å². The van der Waals surface area contributed by atoms with Crippen molar-refractivity contribution in [3.05, 3.63) is 40.4 Å². The van der Waals surface area contributed by atoms with Crippen molar-refractivity contribution in [2.75, 3.05) is 26.1 Å². The van der Waals surface area contributed by atoms with Crippen LogP contribution in [0, 0.1) is 5.92 Å². The van der Waals surface area contributed by atoms with Gasteiger partial charge in [0.2, 0.25) is 11.8 Å². The SMILES string of the molecule is COc1ccc(/C=C/C(=O)Nc2nc3c(s2)CN(C(=O)CC(C)C)CC3)cc1OC. The van der Waals surface area contributed by atoms with Crippen molar-refractivity contribution in [1.29, 1.82) is 0 Å². The molecule has 3 rings (SSSR count). The molecule has 1 aromatic carbocycles. The van der Waals surface area contributed by atoms with Gasteiger partial charge in [-0.2, -0.15) is 0 Å². The zero-order valence-corrected chi connectivity index (χ0v) is 18.5. The van der Waals surface area contributed by atoms with Gasteiger partial charge in [-0.3, -0.25) is 14.9 Å². The molecule has 1 aliphatic rings. The molecule has 0 aliphatic carbocycles. The van der Waals surface area contributed by atoms with E-state index in [0.29, 0.717) is 48.5 Å². The van der Waals surface area contributed by atoms with Gasteiger partial charge in [-0.05, 0) is 29.7 Å². The van der Waals surface area contributed by atoms with Gasteiger partial charge in [0.25, 0.3) is 0 Å². The minimum absolute atomic E-state index is 0.174. The first kappa shape index (κ1) is 21.8. The lowest BCUT2D eigenvalue weighted by atomic mass is 10.1. The lowest BCUT2D eigenvalue weighted by molar-refractivity contribution is -0.132. The Morgan fingerprint density at radius 3 is 2.73 bits per heavy atom. The van der Waals surface area contributed by atoms with Crippen LogP contribution in [0.3, 0.4) is 0 Å². The van der Waals surface area contributed by atoms with Crippen molar-refractivity contribution in [2.45, 2.75) is 33.2 Å². The van der Waals surface area contributed by atoms with Gasteiger partial charge in [-0.15, -0.1) is 0 Å². The molecule has 1 aliphatic heterocycles. The summed E-state index contributed by atoms with van der Waals surface area (Å²) in [7, 11) is 3.15. The van der Waals surface area contributed by atoms with Crippen molar-refractivity contribution in [3.63, 3.8) is 0 Å². The average Bonchev–Trinajstić information content (AvgIpc) is 3.12. The minimum Gasteiger partial charge on any atom is -0.493 e. The van der Waals surface area contributed by atoms with Crippen LogP contribution in [0.1, 0.15) is 36.4 Å². The van der Waals surface area contributed by atoms with Crippen LogP contribution in [-0.2, 0) is 22.6 Å². The maximum atomic E-state index is 12.3. The first-order valence-corrected chi connectivity index (χ1v) is 10.7. The molecule has 1 N–H and O–H groups in total. The normalized spacial score (nSPS) is 13.4. The molecular formula is C22H27N3O4S. The van der Waals surface area contributed by atoms with Crippen LogP contribution in [-0.4, -0.2) is 42.5 Å². The summed E-state index contributed by atoms with van der Waals surface area (Å²) >= 11 is 1.43. The van der Waals surface area contributed by atoms with Crippen LogP contribution in [0.2, 0.25) is 0 Å². The predicted octanol–water partition coefficient (Wildman–Crippen LogP) is 3.74. The number of thiazole rings is 1. The molecule has 30 heavy (non-hydrogen) atoms. The maximum absolute atomic E-state index is 12.3. The molecular weight excluding hydrogens is 402 g/mol. The summed E-state index contributed by atoms with van der Waals surface area (Å²) in [5.41, 5.74) is 1.79. The van der Waals surface area contributed by atoms with E-state index in [4.69, 9.17) is 9.47 Å². The monoisotopic (exact) mass is 429 g/mol. The summed E-state index contributed by atoms with van der Waals surface area (Å²) in [4.78, 5) is 32.1. The largest absolute Gasteiger partial charge is 0.493 e. The number of amides is 2. The second-order valence-electron chi connectivity index (χ2n) is 7.49. The van der Waals surface area contributed by atoms with Gasteiger partial charge >= 0.3 is 0 Å². The molecule has 7 nitrogen and oxygen atoms in total. The third kappa shape index (κ3) is 5.38. The van der Waals surface area contributed by atoms with Crippen molar-refractivity contribution >= 4 is 34.4 Å². The number of ether oxygens (including phenoxy) is 2. The number of carbonyl (C=O) groups is 2. The van der Waals surface area contributed by atoms with Gasteiger partial charge < -0.3 is 14.4 Å². The zero-order valence-electron chi connectivity index (χ0n) is 17.7. The van der Waals surface area contributed by atoms with Crippen molar-refractivity contribution in [2.24, 2.45) is 5.92 Å². The number of methoxy groups -OCH3 is 2. The molecule has 2 amide bonds. The highest BCUT2D eigenvalue weighted by atomic mass is 32.1. The van der Waals surface area contributed by atoms with Gasteiger partial charge in [0.05, 0.1) is 26.5 Å². The van der Waals surface area contributed by atoms with Gasteiger partial charge in [0.15, 0.2) is 16.6 Å². The summed E-state index contributed by atoms with van der Waals surface area (Å²) in [6.07, 6.45) is 4.43. The van der Waals surface area contributed by atoms with E-state index in [1.807, 2.05) is 24.8 Å². The minimum atomic E-state index is -0.261. The van der Waals surface area contributed by atoms with Crippen LogP contribution in [0.25, 0.3) is 6.08 Å². The number of aromatic nitrogens is 1. The van der Waals surface area contributed by atoms with Crippen LogP contribution in [0.4, 0.5) is 5.13 Å². The predicted molar refractivity (Wildman–Crippen MR) is 118 cm³/mol. The van der Waals surface area contributed by atoms with E-state index in [0.717, 1.165) is 16.1 Å². The van der Waals surface area contributed by atoms with E-state index in [9.17, 15) is 9.59 Å². The van der Waals surface area contributed by atoms with Crippen LogP contribution < -0.4 is 14.8 Å². The Bertz CT molecular complexity index is 952. The lowest BCUT2D eigenvalue weighted by Gasteiger charge is -2.26. The highest BCUT2D eigenvalue weighted by Gasteiger charge is 2.24. The quantitative estimate of drug-likeness (QED) is 0.678. The Morgan fingerprint density at radius 1 is 1.27 bits per heavy atom. The Labute approximate surface area is 180 Å². The summed E-state index contributed by atoms with van der Waals surface area (Å²) in [6.45, 7) is 5.33. The van der Waals surface area contributed by atoms with Crippen LogP contribution in [0.5, 0.6) is 11.5 Å². The summed E-state index contributed by atoms with van der Waals surface area (Å²) in [5.74, 6) is 1.49. The number of anilines is 1. The fourth-order valence-electron chi connectivity index (χ4n) is 3.22. The summed E-state index contributed by atoms with van der Waals surface area (Å²) in [6, 6.07) is 5.43. The Hall–Kier alpha value is -2.87. The van der Waals surface area contributed by atoms with E-state index in [-0.39, 0.29) is 11.8 Å². The Kier molecular flexibility index (Phi) is 7.10. The van der Waals surface area contributed by atoms with E-state index < -0.39 is 0 Å². The van der Waals surface area contributed by atoms with Crippen LogP contribution in [0.15, 0.2) is 24.3 Å². The second kappa shape index (κ2) is 9.75. The molecule has 0 radical (unpaired) electrons. The number of hydrogen-bond donors (Lipinski definition) is 1. The lowest BCUT2D eigenvalue weighted by Crippen LogP contribution is -2.36. The number of hydrogen-bond acceptors (Lipinski definition) is 6. The van der Waals surface area contributed by atoms with Crippen LogP contribution >= 0.6 is 11.3 Å². The molecule has 0 spiro atoms. The number of benzene rings is 1. The number of fused-ring (bicyclic) bond motifs is 1. The van der Waals surface area contributed by atoms with Gasteiger partial charge in [0, 0.05) is 30.3 Å². The molecule has 0 saturated heterocycles. The second-order valence-corrected chi connectivity index (χ2v) is 8.57. The summed E-state index contributed by atoms with van der Waals surface area (Å²) in [5, 5.41) is 3.37. The Morgan fingerprint density at radius 2 is 2.03 bits per heavy atom. The average molecular weight is 430 g/mol. The molecule has 0 saturated carbocycles. The van der Waals surface area contributed by atoms with E-state index >= 15 is 0 Å². The first-order valence-electron chi connectivity index (χ1n) is 9.87. The molecule has 0 fully saturated rings. The highest BCUT2D eigenvalue weighted by molar-refractivity contribution is 7.15. The zero-order chi connectivity index (χ0) is 21.7. The highest BCUT2D eigenvalue weighted by Crippen LogP contribution is 2.30. The van der Waals surface area contributed by atoms with Crippen molar-refractivity contribution in [1.82, 2.24) is 9.88 Å². The number of rotatable bonds is 7. The van der Waals surface area contributed by atoms with Crippen molar-refractivity contribution in [3.8, 4) is 11.5 Å². The van der Waals surface area contributed by atoms with Gasteiger partial charge in [0.1, 0.15) is 0 Å². The molecule has 0 atom stereocenters. The maximum Gasteiger partial charge on any atom is 0.250 e. The van der Waals surface area contributed by atoms with Gasteiger partial charge in [-0.1, -0.05) is 31.3 Å². The molecule has 0 bridgehead atoms. The molecule has 160 valence electrons. The fraction of sp³-hybridized carbons (Fsp3) is 0.409. The third-order valence-electron chi connectivity index (χ3n) is 4.73. The fourth-order valence-corrected chi connectivity index (χ4v) is 4.24. The molecule has 2 aromatic rings. The topological polar surface area (TPSA) is 80.8 Å². The molecule has 8 heteroatoms. The molecule has 1 aromatic heterocycles. The standard InChI is InChI=1S/C22H27N3O4S/c1-14(2)11-21(27)25-10-9-16-19(13-25)30-22(23-16)24-20(26)8-6-15-5-7-17(28-3)18(12-15)29-4/h5-8,12,14H,9-11,13H2,1-4H3,(H,23,24,26)/b8-6+. The number of nitrogens with zero attached hydrogens (tertiary/aromatic N) is 2. The van der Waals surface area contributed by atoms with Crippen molar-refractivity contribution < 1.29 is 19.1 Å². The molecule has 0 unspecified atom stereocenters. The number of carbonyl (C=O) groups excluding carboxylic acids is 2. The first-order chi connectivity index (χ1) is 14.4. The van der Waals surface area contributed by atoms with E-state index in [1.165, 1.54) is 17.4 Å². The van der Waals surface area contributed by atoms with E-state index in [2.05, 4.69) is 10.3 Å². The molecule has 2 heterocycles. The summed E-state index contributed by atoms with van der Waals surface area (Å²) < 4.78 is 10.5. The number of nitrogens with one attached hydrogen (secondary N) is 1.